The second-order valence-electron chi connectivity index (χ2n) is 3.08. The smallest absolute Gasteiger partial charge is 0.221 e. The van der Waals surface area contributed by atoms with Gasteiger partial charge in [0.25, 0.3) is 0 Å². The average Bonchev–Trinajstić information content (AvgIpc) is 2.16. The molecule has 0 aliphatic heterocycles. The van der Waals surface area contributed by atoms with Crippen LogP contribution in [0.25, 0.3) is 0 Å². The molecule has 14 heavy (non-hydrogen) atoms. The summed E-state index contributed by atoms with van der Waals surface area (Å²) in [4.78, 5) is 10.7. The Morgan fingerprint density at radius 2 is 2.00 bits per heavy atom. The maximum Gasteiger partial charge on any atom is 0.221 e. The molecule has 3 heteroatoms. The molecule has 0 aliphatic rings. The van der Waals surface area contributed by atoms with Crippen molar-refractivity contribution in [3.63, 3.8) is 0 Å². The highest BCUT2D eigenvalue weighted by atomic mass is 16.1. The summed E-state index contributed by atoms with van der Waals surface area (Å²) in [6.07, 6.45) is 0.886. The number of carbonyl (C=O) groups is 1. The van der Waals surface area contributed by atoms with Crippen LogP contribution in [0.2, 0.25) is 0 Å². The third-order valence-corrected chi connectivity index (χ3v) is 1.83. The molecule has 0 unspecified atom stereocenters. The molecule has 0 bridgehead atoms. The van der Waals surface area contributed by atoms with Crippen LogP contribution >= 0.6 is 0 Å². The van der Waals surface area contributed by atoms with E-state index in [-0.39, 0.29) is 5.91 Å². The zero-order chi connectivity index (χ0) is 10.4. The van der Waals surface area contributed by atoms with E-state index in [4.69, 9.17) is 7.05 Å². The molecule has 1 aromatic rings. The number of rotatable bonds is 4. The first kappa shape index (κ1) is 10.7. The van der Waals surface area contributed by atoms with Gasteiger partial charge in [-0.15, -0.1) is 0 Å². The van der Waals surface area contributed by atoms with Crippen molar-refractivity contribution in [2.45, 2.75) is 13.3 Å². The lowest BCUT2D eigenvalue weighted by atomic mass is 10.1. The number of hydrogen-bond donors (Lipinski definition) is 2. The Bertz CT molecular complexity index is 293. The van der Waals surface area contributed by atoms with Crippen molar-refractivity contribution in [3.05, 3.63) is 36.9 Å². The summed E-state index contributed by atoms with van der Waals surface area (Å²) in [7, 11) is 5.17. The lowest BCUT2D eigenvalue weighted by Crippen LogP contribution is -2.08. The van der Waals surface area contributed by atoms with Gasteiger partial charge in [0.2, 0.25) is 5.91 Å². The van der Waals surface area contributed by atoms with Crippen molar-refractivity contribution in [2.24, 2.45) is 0 Å². The van der Waals surface area contributed by atoms with Crippen LogP contribution in [0, 0.1) is 7.05 Å². The summed E-state index contributed by atoms with van der Waals surface area (Å²) in [5.74, 6) is -0.0543. The van der Waals surface area contributed by atoms with Crippen LogP contribution in [-0.4, -0.2) is 12.5 Å². The fourth-order valence-corrected chi connectivity index (χ4v) is 1.17. The van der Waals surface area contributed by atoms with E-state index in [9.17, 15) is 4.79 Å². The van der Waals surface area contributed by atoms with Crippen LogP contribution in [0.15, 0.2) is 24.3 Å². The molecule has 0 aliphatic carbocycles. The highest BCUT2D eigenvalue weighted by molar-refractivity contribution is 5.88. The average molecular weight is 190 g/mol. The van der Waals surface area contributed by atoms with E-state index in [1.807, 2.05) is 24.3 Å². The van der Waals surface area contributed by atoms with E-state index in [0.29, 0.717) is 0 Å². The van der Waals surface area contributed by atoms with Crippen LogP contribution in [0.1, 0.15) is 12.5 Å². The summed E-state index contributed by atoms with van der Waals surface area (Å²) >= 11 is 0. The van der Waals surface area contributed by atoms with Crippen LogP contribution in [0.3, 0.4) is 0 Å². The van der Waals surface area contributed by atoms with E-state index in [1.165, 1.54) is 12.5 Å². The van der Waals surface area contributed by atoms with Gasteiger partial charge in [0, 0.05) is 19.7 Å². The van der Waals surface area contributed by atoms with E-state index in [0.717, 1.165) is 18.7 Å². The summed E-state index contributed by atoms with van der Waals surface area (Å²) in [5.41, 5.74) is 2.01. The lowest BCUT2D eigenvalue weighted by molar-refractivity contribution is -0.114. The number of hydrogen-bond acceptors (Lipinski definition) is 2. The fourth-order valence-electron chi connectivity index (χ4n) is 1.17. The molecule has 1 aromatic carbocycles. The van der Waals surface area contributed by atoms with Crippen LogP contribution in [0.4, 0.5) is 5.69 Å². The molecular weight excluding hydrogens is 176 g/mol. The topological polar surface area (TPSA) is 41.1 Å². The van der Waals surface area contributed by atoms with Crippen LogP contribution in [0.5, 0.6) is 0 Å². The molecule has 0 saturated carbocycles. The Labute approximate surface area is 84.5 Å². The quantitative estimate of drug-likeness (QED) is 0.705. The number of benzene rings is 1. The first-order valence-corrected chi connectivity index (χ1v) is 4.52. The maximum atomic E-state index is 10.7. The minimum atomic E-state index is -0.0543. The van der Waals surface area contributed by atoms with Gasteiger partial charge in [-0.25, -0.2) is 0 Å². The van der Waals surface area contributed by atoms with E-state index in [1.54, 1.807) is 0 Å². The number of carbonyl (C=O) groups excluding carboxylic acids is 1. The largest absolute Gasteiger partial charge is 0.326 e. The van der Waals surface area contributed by atoms with Crippen LogP contribution in [-0.2, 0) is 11.2 Å². The number of amides is 1. The minimum Gasteiger partial charge on any atom is -0.326 e. The SMILES string of the molecule is [CH]NCCc1ccc(NC(C)=O)cc1. The van der Waals surface area contributed by atoms with Gasteiger partial charge < -0.3 is 10.6 Å². The fraction of sp³-hybridized carbons (Fsp3) is 0.273. The standard InChI is InChI=1S/C11H14N2O/c1-9(14)13-11-5-3-10(4-6-11)7-8-12-2/h2-6,12H,7-8H2,1H3,(H,13,14). The lowest BCUT2D eigenvalue weighted by Gasteiger charge is -2.04. The molecule has 0 aromatic heterocycles. The Balaban J connectivity index is 2.54. The van der Waals surface area contributed by atoms with Gasteiger partial charge in [-0.1, -0.05) is 12.1 Å². The molecule has 0 saturated heterocycles. The Kier molecular flexibility index (Phi) is 4.13. The van der Waals surface area contributed by atoms with Gasteiger partial charge in [0.15, 0.2) is 0 Å². The predicted octanol–water partition coefficient (Wildman–Crippen LogP) is 1.45. The van der Waals surface area contributed by atoms with Gasteiger partial charge in [0.1, 0.15) is 0 Å². The van der Waals surface area contributed by atoms with Crippen LogP contribution < -0.4 is 10.6 Å². The van der Waals surface area contributed by atoms with E-state index >= 15 is 0 Å². The monoisotopic (exact) mass is 190 g/mol. The molecular formula is C11H14N2O. The van der Waals surface area contributed by atoms with Gasteiger partial charge in [-0.3, -0.25) is 4.79 Å². The Morgan fingerprint density at radius 3 is 2.50 bits per heavy atom. The highest BCUT2D eigenvalue weighted by Crippen LogP contribution is 2.09. The zero-order valence-electron chi connectivity index (χ0n) is 8.21. The predicted molar refractivity (Wildman–Crippen MR) is 56.8 cm³/mol. The third kappa shape index (κ3) is 3.58. The third-order valence-electron chi connectivity index (χ3n) is 1.83. The normalized spacial score (nSPS) is 9.86. The molecule has 0 heterocycles. The Morgan fingerprint density at radius 1 is 1.36 bits per heavy atom. The molecule has 1 amide bonds. The molecule has 0 fully saturated rings. The second kappa shape index (κ2) is 5.40. The Hall–Kier alpha value is -1.35. The molecule has 0 spiro atoms. The van der Waals surface area contributed by atoms with Crippen molar-refractivity contribution in [3.8, 4) is 0 Å². The molecule has 0 atom stereocenters. The van der Waals surface area contributed by atoms with Crippen molar-refractivity contribution in [2.75, 3.05) is 11.9 Å². The molecule has 74 valence electrons. The molecule has 2 radical (unpaired) electrons. The van der Waals surface area contributed by atoms with Crippen molar-refractivity contribution in [1.82, 2.24) is 5.32 Å². The molecule has 1 rings (SSSR count). The van der Waals surface area contributed by atoms with Gasteiger partial charge >= 0.3 is 0 Å². The summed E-state index contributed by atoms with van der Waals surface area (Å²) < 4.78 is 0. The first-order valence-electron chi connectivity index (χ1n) is 4.52. The number of anilines is 1. The van der Waals surface area contributed by atoms with Gasteiger partial charge in [0.05, 0.1) is 0 Å². The second-order valence-corrected chi connectivity index (χ2v) is 3.08. The summed E-state index contributed by atoms with van der Waals surface area (Å²) in [5, 5.41) is 5.30. The van der Waals surface area contributed by atoms with Gasteiger partial charge in [-0.2, -0.15) is 0 Å². The number of nitrogens with one attached hydrogen (secondary N) is 2. The van der Waals surface area contributed by atoms with Crippen molar-refractivity contribution < 1.29 is 4.79 Å². The summed E-state index contributed by atoms with van der Waals surface area (Å²) in [6, 6.07) is 7.71. The van der Waals surface area contributed by atoms with Gasteiger partial charge in [-0.05, 0) is 30.7 Å². The summed E-state index contributed by atoms with van der Waals surface area (Å²) in [6.45, 7) is 2.24. The molecule has 3 nitrogen and oxygen atoms in total. The zero-order valence-corrected chi connectivity index (χ0v) is 8.21. The highest BCUT2D eigenvalue weighted by Gasteiger charge is 1.95. The molecule has 2 N–H and O–H groups in total. The maximum absolute atomic E-state index is 10.7. The van der Waals surface area contributed by atoms with Crippen molar-refractivity contribution in [1.29, 1.82) is 0 Å². The first-order chi connectivity index (χ1) is 6.72. The van der Waals surface area contributed by atoms with Crippen molar-refractivity contribution >= 4 is 11.6 Å². The minimum absolute atomic E-state index is 0.0543. The van der Waals surface area contributed by atoms with E-state index in [2.05, 4.69) is 10.6 Å². The van der Waals surface area contributed by atoms with E-state index < -0.39 is 0 Å².